The summed E-state index contributed by atoms with van der Waals surface area (Å²) in [6.45, 7) is 5.64. The number of pyridine rings is 1. The Morgan fingerprint density at radius 2 is 1.85 bits per heavy atom. The molecular formula is C21H29N5O. The van der Waals surface area contributed by atoms with Gasteiger partial charge >= 0.3 is 0 Å². The minimum atomic E-state index is 0.0576. The highest BCUT2D eigenvalue weighted by Crippen LogP contribution is 2.26. The molecule has 27 heavy (non-hydrogen) atoms. The van der Waals surface area contributed by atoms with Gasteiger partial charge in [0.15, 0.2) is 5.65 Å². The van der Waals surface area contributed by atoms with Crippen molar-refractivity contribution in [1.29, 1.82) is 0 Å². The van der Waals surface area contributed by atoms with Gasteiger partial charge < -0.3 is 10.2 Å². The number of hydrogen-bond donors (Lipinski definition) is 1. The average molecular weight is 367 g/mol. The predicted octanol–water partition coefficient (Wildman–Crippen LogP) is 3.31. The number of aromatic nitrogens is 3. The summed E-state index contributed by atoms with van der Waals surface area (Å²) in [5, 5.41) is 3.30. The van der Waals surface area contributed by atoms with Crippen molar-refractivity contribution in [3.8, 4) is 0 Å². The van der Waals surface area contributed by atoms with Gasteiger partial charge in [0.2, 0.25) is 5.91 Å². The van der Waals surface area contributed by atoms with Crippen LogP contribution in [0.2, 0.25) is 0 Å². The molecule has 144 valence electrons. The van der Waals surface area contributed by atoms with E-state index in [1.54, 1.807) is 0 Å². The number of rotatable bonds is 3. The molecule has 1 N–H and O–H groups in total. The second-order valence-corrected chi connectivity index (χ2v) is 8.06. The van der Waals surface area contributed by atoms with Crippen LogP contribution in [-0.2, 0) is 4.79 Å². The predicted molar refractivity (Wildman–Crippen MR) is 107 cm³/mol. The highest BCUT2D eigenvalue weighted by atomic mass is 16.2. The topological polar surface area (TPSA) is 71.0 Å². The van der Waals surface area contributed by atoms with Gasteiger partial charge in [0.25, 0.3) is 0 Å². The van der Waals surface area contributed by atoms with E-state index < -0.39 is 0 Å². The highest BCUT2D eigenvalue weighted by molar-refractivity contribution is 5.80. The van der Waals surface area contributed by atoms with Gasteiger partial charge in [-0.15, -0.1) is 0 Å². The molecule has 2 aromatic rings. The number of carbonyl (C=O) groups is 1. The van der Waals surface area contributed by atoms with E-state index in [4.69, 9.17) is 0 Å². The molecule has 2 fully saturated rings. The smallest absolute Gasteiger partial charge is 0.225 e. The third-order valence-corrected chi connectivity index (χ3v) is 6.03. The van der Waals surface area contributed by atoms with Gasteiger partial charge in [-0.2, -0.15) is 0 Å². The summed E-state index contributed by atoms with van der Waals surface area (Å²) in [7, 11) is 0. The number of nitrogens with one attached hydrogen (secondary N) is 1. The molecule has 0 unspecified atom stereocenters. The van der Waals surface area contributed by atoms with Crippen molar-refractivity contribution < 1.29 is 4.79 Å². The van der Waals surface area contributed by atoms with Crippen LogP contribution >= 0.6 is 0 Å². The molecule has 3 heterocycles. The fourth-order valence-corrected chi connectivity index (χ4v) is 4.27. The molecule has 6 nitrogen and oxygen atoms in total. The molecule has 1 saturated heterocycles. The van der Waals surface area contributed by atoms with Gasteiger partial charge in [-0.3, -0.25) is 4.79 Å². The first kappa shape index (κ1) is 18.1. The minimum absolute atomic E-state index is 0.0576. The molecule has 0 bridgehead atoms. The van der Waals surface area contributed by atoms with Gasteiger partial charge in [-0.25, -0.2) is 15.0 Å². The Bertz CT molecular complexity index is 831. The first-order valence-electron chi connectivity index (χ1n) is 10.3. The number of aryl methyl sites for hydroxylation is 2. The monoisotopic (exact) mass is 367 g/mol. The van der Waals surface area contributed by atoms with Gasteiger partial charge in [0.1, 0.15) is 5.52 Å². The molecular weight excluding hydrogens is 338 g/mol. The largest absolute Gasteiger partial charge is 0.369 e. The molecule has 1 atom stereocenters. The van der Waals surface area contributed by atoms with E-state index in [2.05, 4.69) is 31.2 Å². The maximum Gasteiger partial charge on any atom is 0.225 e. The number of nitrogens with zero attached hydrogens (tertiary/aromatic N) is 4. The Balaban J connectivity index is 1.46. The summed E-state index contributed by atoms with van der Waals surface area (Å²) in [5.41, 5.74) is 4.40. The molecule has 0 spiro atoms. The number of amides is 1. The lowest BCUT2D eigenvalue weighted by Crippen LogP contribution is -2.46. The summed E-state index contributed by atoms with van der Waals surface area (Å²) in [5.74, 6) is 0.286. The zero-order chi connectivity index (χ0) is 18.8. The maximum atomic E-state index is 12.8. The third kappa shape index (κ3) is 4.04. The summed E-state index contributed by atoms with van der Waals surface area (Å²) < 4.78 is 0. The van der Waals surface area contributed by atoms with E-state index in [0.29, 0.717) is 11.7 Å². The molecule has 6 heteroatoms. The van der Waals surface area contributed by atoms with Crippen LogP contribution in [0.15, 0.2) is 12.3 Å². The molecule has 0 radical (unpaired) electrons. The Morgan fingerprint density at radius 1 is 1.07 bits per heavy atom. The number of piperidine rings is 1. The lowest BCUT2D eigenvalue weighted by Gasteiger charge is -2.34. The van der Waals surface area contributed by atoms with Gasteiger partial charge in [-0.05, 0) is 45.6 Å². The van der Waals surface area contributed by atoms with Crippen LogP contribution in [-0.4, -0.2) is 40.0 Å². The van der Waals surface area contributed by atoms with Crippen molar-refractivity contribution in [2.75, 3.05) is 18.0 Å². The molecule has 1 aliphatic heterocycles. The first-order chi connectivity index (χ1) is 13.1. The average Bonchev–Trinajstić information content (AvgIpc) is 2.69. The summed E-state index contributed by atoms with van der Waals surface area (Å²) in [4.78, 5) is 28.7. The minimum Gasteiger partial charge on any atom is -0.369 e. The van der Waals surface area contributed by atoms with Crippen LogP contribution in [0.5, 0.6) is 0 Å². The van der Waals surface area contributed by atoms with Crippen molar-refractivity contribution >= 4 is 22.8 Å². The van der Waals surface area contributed by atoms with Crippen molar-refractivity contribution in [2.24, 2.45) is 5.92 Å². The number of anilines is 1. The molecule has 4 rings (SSSR count). The second kappa shape index (κ2) is 7.79. The molecule has 1 amide bonds. The van der Waals surface area contributed by atoms with Crippen molar-refractivity contribution in [2.45, 2.75) is 64.8 Å². The lowest BCUT2D eigenvalue weighted by molar-refractivity contribution is -0.126. The number of fused-ring (bicyclic) bond motifs is 1. The summed E-state index contributed by atoms with van der Waals surface area (Å²) in [6.07, 6.45) is 9.92. The molecule has 2 aromatic heterocycles. The zero-order valence-corrected chi connectivity index (χ0v) is 16.4. The highest BCUT2D eigenvalue weighted by Gasteiger charge is 2.28. The first-order valence-corrected chi connectivity index (χ1v) is 10.3. The van der Waals surface area contributed by atoms with Gasteiger partial charge in [0, 0.05) is 19.1 Å². The normalized spacial score (nSPS) is 21.4. The fourth-order valence-electron chi connectivity index (χ4n) is 4.27. The van der Waals surface area contributed by atoms with Crippen LogP contribution in [0.4, 0.5) is 5.69 Å². The molecule has 0 aromatic carbocycles. The van der Waals surface area contributed by atoms with E-state index in [-0.39, 0.29) is 11.8 Å². The number of hydrogen-bond acceptors (Lipinski definition) is 5. The van der Waals surface area contributed by atoms with Gasteiger partial charge in [-0.1, -0.05) is 19.3 Å². The molecule has 1 saturated carbocycles. The fraction of sp³-hybridized carbons (Fsp3) is 0.619. The van der Waals surface area contributed by atoms with E-state index in [1.165, 1.54) is 19.3 Å². The quantitative estimate of drug-likeness (QED) is 0.901. The Morgan fingerprint density at radius 3 is 2.67 bits per heavy atom. The zero-order valence-electron chi connectivity index (χ0n) is 16.4. The van der Waals surface area contributed by atoms with Crippen LogP contribution in [0.3, 0.4) is 0 Å². The lowest BCUT2D eigenvalue weighted by atomic mass is 9.93. The standard InChI is InChI=1S/C21H29N5O/c1-14-15(2)24-20-19(23-14)11-18(12-22-20)26-10-6-7-16(13-26)21(27)25-17-8-4-3-5-9-17/h11-12,16-17H,3-10,13H2,1-2H3,(H,25,27)/t16-/m0/s1. The summed E-state index contributed by atoms with van der Waals surface area (Å²) >= 11 is 0. The summed E-state index contributed by atoms with van der Waals surface area (Å²) in [6, 6.07) is 2.44. The Kier molecular flexibility index (Phi) is 5.23. The van der Waals surface area contributed by atoms with Crippen molar-refractivity contribution in [1.82, 2.24) is 20.3 Å². The van der Waals surface area contributed by atoms with Gasteiger partial charge in [0.05, 0.1) is 29.2 Å². The van der Waals surface area contributed by atoms with E-state index >= 15 is 0 Å². The third-order valence-electron chi connectivity index (χ3n) is 6.03. The van der Waals surface area contributed by atoms with E-state index in [0.717, 1.165) is 61.4 Å². The number of carbonyl (C=O) groups excluding carboxylic acids is 1. The van der Waals surface area contributed by atoms with Crippen LogP contribution in [0.25, 0.3) is 11.2 Å². The van der Waals surface area contributed by atoms with E-state index in [9.17, 15) is 4.79 Å². The van der Waals surface area contributed by atoms with Crippen LogP contribution < -0.4 is 10.2 Å². The molecule has 2 aliphatic rings. The van der Waals surface area contributed by atoms with E-state index in [1.807, 2.05) is 20.0 Å². The van der Waals surface area contributed by atoms with Crippen molar-refractivity contribution in [3.63, 3.8) is 0 Å². The SMILES string of the molecule is Cc1nc2cc(N3CCC[C@H](C(=O)NC4CCCCC4)C3)cnc2nc1C. The Labute approximate surface area is 160 Å². The van der Waals surface area contributed by atoms with Crippen LogP contribution in [0, 0.1) is 19.8 Å². The molecule has 1 aliphatic carbocycles. The maximum absolute atomic E-state index is 12.8. The van der Waals surface area contributed by atoms with Crippen LogP contribution in [0.1, 0.15) is 56.3 Å². The second-order valence-electron chi connectivity index (χ2n) is 8.06. The van der Waals surface area contributed by atoms with Crippen molar-refractivity contribution in [3.05, 3.63) is 23.7 Å². The Hall–Kier alpha value is -2.24.